The van der Waals surface area contributed by atoms with Gasteiger partial charge in [0.2, 0.25) is 0 Å². The van der Waals surface area contributed by atoms with Crippen LogP contribution in [0.1, 0.15) is 25.0 Å². The van der Waals surface area contributed by atoms with Crippen molar-refractivity contribution in [1.29, 1.82) is 0 Å². The highest BCUT2D eigenvalue weighted by Crippen LogP contribution is 2.23. The molecule has 4 heteroatoms. The minimum absolute atomic E-state index is 0.0987. The standard InChI is InChI=1S/C9H12FN3.C2H6/c1-5-8(10)7(11)3-6(4-13-2)9(5)12;1-2/h3-4H,11-12H2,1-2H3;1-2H3. The van der Waals surface area contributed by atoms with E-state index in [4.69, 9.17) is 11.5 Å². The number of nitrogens with zero attached hydrogens (tertiary/aromatic N) is 1. The summed E-state index contributed by atoms with van der Waals surface area (Å²) in [5, 5.41) is 0. The van der Waals surface area contributed by atoms with E-state index in [-0.39, 0.29) is 5.69 Å². The first-order valence-corrected chi connectivity index (χ1v) is 4.84. The fourth-order valence-corrected chi connectivity index (χ4v) is 1.11. The van der Waals surface area contributed by atoms with Gasteiger partial charge in [0.05, 0.1) is 5.69 Å². The van der Waals surface area contributed by atoms with Crippen molar-refractivity contribution in [3.05, 3.63) is 23.0 Å². The summed E-state index contributed by atoms with van der Waals surface area (Å²) in [6.45, 7) is 5.59. The molecule has 15 heavy (non-hydrogen) atoms. The van der Waals surface area contributed by atoms with Crippen LogP contribution in [0.4, 0.5) is 15.8 Å². The van der Waals surface area contributed by atoms with Gasteiger partial charge in [-0.3, -0.25) is 4.99 Å². The number of hydrogen-bond donors (Lipinski definition) is 2. The number of benzene rings is 1. The average molecular weight is 211 g/mol. The van der Waals surface area contributed by atoms with Crippen molar-refractivity contribution >= 4 is 17.6 Å². The first-order chi connectivity index (χ1) is 7.07. The third-order valence-corrected chi connectivity index (χ3v) is 1.88. The molecule has 0 atom stereocenters. The van der Waals surface area contributed by atoms with E-state index in [0.29, 0.717) is 16.8 Å². The van der Waals surface area contributed by atoms with Crippen LogP contribution < -0.4 is 11.5 Å². The molecule has 0 saturated carbocycles. The van der Waals surface area contributed by atoms with Crippen molar-refractivity contribution in [3.8, 4) is 0 Å². The molecule has 4 N–H and O–H groups in total. The second kappa shape index (κ2) is 6.01. The van der Waals surface area contributed by atoms with E-state index >= 15 is 0 Å². The molecule has 0 unspecified atom stereocenters. The van der Waals surface area contributed by atoms with E-state index < -0.39 is 5.82 Å². The lowest BCUT2D eigenvalue weighted by molar-refractivity contribution is 0.624. The normalized spacial score (nSPS) is 9.93. The summed E-state index contributed by atoms with van der Waals surface area (Å²) in [5.41, 5.74) is 12.6. The van der Waals surface area contributed by atoms with Crippen LogP contribution in [0.2, 0.25) is 0 Å². The molecule has 0 bridgehead atoms. The summed E-state index contributed by atoms with van der Waals surface area (Å²) in [4.78, 5) is 3.80. The maximum absolute atomic E-state index is 13.2. The quantitative estimate of drug-likeness (QED) is 0.553. The number of rotatable bonds is 1. The molecular weight excluding hydrogens is 193 g/mol. The second-order valence-corrected chi connectivity index (χ2v) is 2.79. The largest absolute Gasteiger partial charge is 0.398 e. The lowest BCUT2D eigenvalue weighted by Crippen LogP contribution is -2.03. The average Bonchev–Trinajstić information content (AvgIpc) is 2.26. The predicted molar refractivity (Wildman–Crippen MR) is 64.8 cm³/mol. The number of nitrogens with two attached hydrogens (primary N) is 2. The Morgan fingerprint density at radius 2 is 1.87 bits per heavy atom. The summed E-state index contributed by atoms with van der Waals surface area (Å²) < 4.78 is 13.2. The Kier molecular flexibility index (Phi) is 5.37. The van der Waals surface area contributed by atoms with Crippen LogP contribution in [0.3, 0.4) is 0 Å². The molecule has 0 spiro atoms. The summed E-state index contributed by atoms with van der Waals surface area (Å²) in [6, 6.07) is 1.48. The number of aliphatic imine (C=N–C) groups is 1. The Balaban J connectivity index is 0.000000921. The molecule has 0 aromatic heterocycles. The van der Waals surface area contributed by atoms with Gasteiger partial charge in [-0.2, -0.15) is 0 Å². The second-order valence-electron chi connectivity index (χ2n) is 2.79. The molecule has 0 radical (unpaired) electrons. The molecule has 0 fully saturated rings. The number of anilines is 2. The summed E-state index contributed by atoms with van der Waals surface area (Å²) in [6.07, 6.45) is 1.55. The third-order valence-electron chi connectivity index (χ3n) is 1.88. The zero-order chi connectivity index (χ0) is 12.0. The maximum atomic E-state index is 13.2. The van der Waals surface area contributed by atoms with Gasteiger partial charge in [-0.1, -0.05) is 13.8 Å². The Labute approximate surface area is 90.0 Å². The molecule has 0 aliphatic rings. The van der Waals surface area contributed by atoms with E-state index in [1.807, 2.05) is 13.8 Å². The van der Waals surface area contributed by atoms with Crippen molar-refractivity contribution in [2.75, 3.05) is 18.5 Å². The van der Waals surface area contributed by atoms with Gasteiger partial charge in [0, 0.05) is 30.1 Å². The van der Waals surface area contributed by atoms with Gasteiger partial charge in [-0.05, 0) is 13.0 Å². The molecule has 84 valence electrons. The molecule has 1 aromatic rings. The van der Waals surface area contributed by atoms with Crippen LogP contribution in [0.5, 0.6) is 0 Å². The number of nitrogen functional groups attached to an aromatic ring is 2. The number of hydrogen-bond acceptors (Lipinski definition) is 3. The van der Waals surface area contributed by atoms with Gasteiger partial charge in [-0.25, -0.2) is 4.39 Å². The van der Waals surface area contributed by atoms with Gasteiger partial charge in [-0.15, -0.1) is 0 Å². The molecule has 1 aromatic carbocycles. The lowest BCUT2D eigenvalue weighted by Gasteiger charge is -2.07. The van der Waals surface area contributed by atoms with Gasteiger partial charge in [0.1, 0.15) is 0 Å². The minimum Gasteiger partial charge on any atom is -0.398 e. The minimum atomic E-state index is -0.453. The van der Waals surface area contributed by atoms with E-state index in [2.05, 4.69) is 4.99 Å². The monoisotopic (exact) mass is 211 g/mol. The van der Waals surface area contributed by atoms with Crippen molar-refractivity contribution in [1.82, 2.24) is 0 Å². The Morgan fingerprint density at radius 1 is 1.33 bits per heavy atom. The smallest absolute Gasteiger partial charge is 0.151 e. The fourth-order valence-electron chi connectivity index (χ4n) is 1.11. The number of halogens is 1. The van der Waals surface area contributed by atoms with E-state index in [1.165, 1.54) is 6.07 Å². The highest BCUT2D eigenvalue weighted by molar-refractivity contribution is 5.89. The van der Waals surface area contributed by atoms with Gasteiger partial charge in [0.15, 0.2) is 5.82 Å². The lowest BCUT2D eigenvalue weighted by atomic mass is 10.1. The maximum Gasteiger partial charge on any atom is 0.151 e. The summed E-state index contributed by atoms with van der Waals surface area (Å²) in [5.74, 6) is -0.453. The molecule has 0 heterocycles. The van der Waals surface area contributed by atoms with Crippen molar-refractivity contribution in [2.24, 2.45) is 4.99 Å². The van der Waals surface area contributed by atoms with Gasteiger partial charge >= 0.3 is 0 Å². The van der Waals surface area contributed by atoms with E-state index in [9.17, 15) is 4.39 Å². The topological polar surface area (TPSA) is 64.4 Å². The Morgan fingerprint density at radius 3 is 2.33 bits per heavy atom. The molecule has 0 aliphatic carbocycles. The Hall–Kier alpha value is -1.58. The highest BCUT2D eigenvalue weighted by Gasteiger charge is 2.09. The SMILES string of the molecule is CC.CN=Cc1cc(N)c(F)c(C)c1N. The van der Waals surface area contributed by atoms with Gasteiger partial charge < -0.3 is 11.5 Å². The van der Waals surface area contributed by atoms with Gasteiger partial charge in [0.25, 0.3) is 0 Å². The van der Waals surface area contributed by atoms with E-state index in [1.54, 1.807) is 20.2 Å². The van der Waals surface area contributed by atoms with Crippen molar-refractivity contribution in [3.63, 3.8) is 0 Å². The zero-order valence-corrected chi connectivity index (χ0v) is 9.63. The summed E-state index contributed by atoms with van der Waals surface area (Å²) in [7, 11) is 1.62. The van der Waals surface area contributed by atoms with E-state index in [0.717, 1.165) is 0 Å². The third kappa shape index (κ3) is 2.94. The van der Waals surface area contributed by atoms with Crippen LogP contribution in [0.15, 0.2) is 11.1 Å². The van der Waals surface area contributed by atoms with Crippen LogP contribution in [-0.4, -0.2) is 13.3 Å². The predicted octanol–water partition coefficient (Wildman–Crippen LogP) is 2.37. The molecule has 0 amide bonds. The van der Waals surface area contributed by atoms with Crippen LogP contribution in [-0.2, 0) is 0 Å². The first-order valence-electron chi connectivity index (χ1n) is 4.84. The zero-order valence-electron chi connectivity index (χ0n) is 9.63. The molecular formula is C11H18FN3. The summed E-state index contributed by atoms with van der Waals surface area (Å²) >= 11 is 0. The van der Waals surface area contributed by atoms with Crippen molar-refractivity contribution in [2.45, 2.75) is 20.8 Å². The van der Waals surface area contributed by atoms with Crippen molar-refractivity contribution < 1.29 is 4.39 Å². The van der Waals surface area contributed by atoms with Crippen LogP contribution >= 0.6 is 0 Å². The first kappa shape index (κ1) is 13.4. The molecule has 1 rings (SSSR count). The molecule has 3 nitrogen and oxygen atoms in total. The fraction of sp³-hybridized carbons (Fsp3) is 0.364. The molecule has 0 aliphatic heterocycles. The highest BCUT2D eigenvalue weighted by atomic mass is 19.1. The Bertz CT molecular complexity index is 359. The van der Waals surface area contributed by atoms with Crippen LogP contribution in [0, 0.1) is 12.7 Å². The molecule has 0 saturated heterocycles. The van der Waals surface area contributed by atoms with Crippen LogP contribution in [0.25, 0.3) is 0 Å².